The van der Waals surface area contributed by atoms with Crippen LogP contribution >= 0.6 is 0 Å². The molecule has 0 spiro atoms. The molecule has 2 N–H and O–H groups in total. The molecule has 2 rings (SSSR count). The van der Waals surface area contributed by atoms with Gasteiger partial charge in [-0.2, -0.15) is 0 Å². The van der Waals surface area contributed by atoms with E-state index in [9.17, 15) is 9.90 Å². The summed E-state index contributed by atoms with van der Waals surface area (Å²) in [7, 11) is 2.03. The van der Waals surface area contributed by atoms with E-state index in [4.69, 9.17) is 0 Å². The molecule has 0 bridgehead atoms. The maximum Gasteiger partial charge on any atom is 0.237 e. The number of nitrogens with one attached hydrogen (secondary N) is 1. The minimum absolute atomic E-state index is 0.0419. The number of hydrogen-bond donors (Lipinski definition) is 2. The average molecular weight is 226 g/mol. The third kappa shape index (κ3) is 2.74. The number of nitrogens with zero attached hydrogens (tertiary/aromatic N) is 1. The van der Waals surface area contributed by atoms with Crippen molar-refractivity contribution in [2.75, 3.05) is 20.1 Å². The molecule has 1 unspecified atom stereocenters. The molecule has 0 aromatic heterocycles. The van der Waals surface area contributed by atoms with Gasteiger partial charge in [0.15, 0.2) is 0 Å². The highest BCUT2D eigenvalue weighted by Gasteiger charge is 2.31. The van der Waals surface area contributed by atoms with Crippen LogP contribution in [0.3, 0.4) is 0 Å². The van der Waals surface area contributed by atoms with Crippen LogP contribution in [0, 0.1) is 5.92 Å². The molecule has 1 saturated heterocycles. The fourth-order valence-electron chi connectivity index (χ4n) is 2.73. The van der Waals surface area contributed by atoms with Gasteiger partial charge in [0.05, 0.1) is 12.1 Å². The lowest BCUT2D eigenvalue weighted by Gasteiger charge is -2.36. The van der Waals surface area contributed by atoms with Gasteiger partial charge >= 0.3 is 0 Å². The maximum absolute atomic E-state index is 11.8. The molecule has 4 nitrogen and oxygen atoms in total. The van der Waals surface area contributed by atoms with Crippen LogP contribution in [0.5, 0.6) is 0 Å². The van der Waals surface area contributed by atoms with Crippen molar-refractivity contribution in [3.63, 3.8) is 0 Å². The predicted molar refractivity (Wildman–Crippen MR) is 62.0 cm³/mol. The zero-order valence-electron chi connectivity index (χ0n) is 9.98. The van der Waals surface area contributed by atoms with Crippen molar-refractivity contribution in [1.82, 2.24) is 10.2 Å². The van der Waals surface area contributed by atoms with Gasteiger partial charge in [0.25, 0.3) is 0 Å². The van der Waals surface area contributed by atoms with Crippen molar-refractivity contribution in [3.05, 3.63) is 0 Å². The number of rotatable bonds is 3. The third-order valence-electron chi connectivity index (χ3n) is 3.80. The molecule has 2 aliphatic rings. The highest BCUT2D eigenvalue weighted by molar-refractivity contribution is 5.81. The highest BCUT2D eigenvalue weighted by Crippen LogP contribution is 2.28. The molecule has 16 heavy (non-hydrogen) atoms. The molecule has 0 radical (unpaired) electrons. The summed E-state index contributed by atoms with van der Waals surface area (Å²) in [6, 6.07) is 0.0419. The van der Waals surface area contributed by atoms with E-state index in [1.165, 1.54) is 0 Å². The Morgan fingerprint density at radius 1 is 1.44 bits per heavy atom. The van der Waals surface area contributed by atoms with Crippen LogP contribution in [0.1, 0.15) is 32.1 Å². The van der Waals surface area contributed by atoms with Crippen LogP contribution in [0.25, 0.3) is 0 Å². The normalized spacial score (nSPS) is 35.4. The number of carbonyl (C=O) groups is 1. The molecule has 0 aromatic rings. The molecule has 0 aromatic carbocycles. The second-order valence-corrected chi connectivity index (χ2v) is 5.23. The second kappa shape index (κ2) is 5.15. The molecule has 2 fully saturated rings. The molecular formula is C12H22N2O2. The van der Waals surface area contributed by atoms with Gasteiger partial charge in [0.1, 0.15) is 0 Å². The molecule has 1 aliphatic heterocycles. The standard InChI is InChI=1S/C12H22N2O2/c1-14(8-9-6-10(15)7-9)11-4-2-3-5-13-12(11)16/h9-11,15H,2-8H2,1H3,(H,13,16). The van der Waals surface area contributed by atoms with Gasteiger partial charge in [0, 0.05) is 13.1 Å². The van der Waals surface area contributed by atoms with Gasteiger partial charge in [-0.3, -0.25) is 9.69 Å². The number of carbonyl (C=O) groups excluding carboxylic acids is 1. The van der Waals surface area contributed by atoms with Crippen LogP contribution < -0.4 is 5.32 Å². The Morgan fingerprint density at radius 3 is 2.88 bits per heavy atom. The number of hydrogen-bond acceptors (Lipinski definition) is 3. The average Bonchev–Trinajstić information content (AvgIpc) is 2.40. The van der Waals surface area contributed by atoms with Crippen molar-refractivity contribution in [3.8, 4) is 0 Å². The van der Waals surface area contributed by atoms with Crippen LogP contribution in [-0.2, 0) is 4.79 Å². The zero-order valence-corrected chi connectivity index (χ0v) is 9.98. The summed E-state index contributed by atoms with van der Waals surface area (Å²) >= 11 is 0. The Hall–Kier alpha value is -0.610. The van der Waals surface area contributed by atoms with Gasteiger partial charge in [0.2, 0.25) is 5.91 Å². The number of aliphatic hydroxyl groups excluding tert-OH is 1. The van der Waals surface area contributed by atoms with E-state index in [1.54, 1.807) is 0 Å². The second-order valence-electron chi connectivity index (χ2n) is 5.23. The van der Waals surface area contributed by atoms with Gasteiger partial charge < -0.3 is 10.4 Å². The molecule has 1 amide bonds. The Kier molecular flexibility index (Phi) is 3.82. The summed E-state index contributed by atoms with van der Waals surface area (Å²) in [5, 5.41) is 12.2. The lowest BCUT2D eigenvalue weighted by Crippen LogP contribution is -2.47. The molecular weight excluding hydrogens is 204 g/mol. The summed E-state index contributed by atoms with van der Waals surface area (Å²) in [6.45, 7) is 1.76. The van der Waals surface area contributed by atoms with E-state index < -0.39 is 0 Å². The fraction of sp³-hybridized carbons (Fsp3) is 0.917. The molecule has 4 heteroatoms. The number of aliphatic hydroxyl groups is 1. The fourth-order valence-corrected chi connectivity index (χ4v) is 2.73. The van der Waals surface area contributed by atoms with Crippen LogP contribution in [0.15, 0.2) is 0 Å². The van der Waals surface area contributed by atoms with E-state index in [2.05, 4.69) is 10.2 Å². The number of amides is 1. The quantitative estimate of drug-likeness (QED) is 0.730. The van der Waals surface area contributed by atoms with Crippen molar-refractivity contribution in [2.45, 2.75) is 44.2 Å². The smallest absolute Gasteiger partial charge is 0.237 e. The van der Waals surface area contributed by atoms with Gasteiger partial charge in [-0.15, -0.1) is 0 Å². The maximum atomic E-state index is 11.8. The van der Waals surface area contributed by atoms with Gasteiger partial charge in [-0.25, -0.2) is 0 Å². The Balaban J connectivity index is 1.82. The predicted octanol–water partition coefficient (Wildman–Crippen LogP) is 0.358. The van der Waals surface area contributed by atoms with E-state index in [0.29, 0.717) is 5.92 Å². The van der Waals surface area contributed by atoms with E-state index in [0.717, 1.165) is 45.2 Å². The zero-order chi connectivity index (χ0) is 11.5. The minimum Gasteiger partial charge on any atom is -0.393 e. The summed E-state index contributed by atoms with van der Waals surface area (Å²) in [4.78, 5) is 14.0. The summed E-state index contributed by atoms with van der Waals surface area (Å²) in [5.74, 6) is 0.760. The first kappa shape index (κ1) is 11.9. The monoisotopic (exact) mass is 226 g/mol. The first-order valence-corrected chi connectivity index (χ1v) is 6.33. The highest BCUT2D eigenvalue weighted by atomic mass is 16.3. The van der Waals surface area contributed by atoms with E-state index in [1.807, 2.05) is 7.05 Å². The minimum atomic E-state index is -0.0960. The SMILES string of the molecule is CN(CC1CC(O)C1)C1CCCCNC1=O. The van der Waals surface area contributed by atoms with Crippen LogP contribution in [0.4, 0.5) is 0 Å². The Morgan fingerprint density at radius 2 is 2.19 bits per heavy atom. The summed E-state index contributed by atoms with van der Waals surface area (Å²) < 4.78 is 0. The van der Waals surface area contributed by atoms with Crippen molar-refractivity contribution in [2.24, 2.45) is 5.92 Å². The van der Waals surface area contributed by atoms with Gasteiger partial charge in [-0.05, 0) is 45.1 Å². The van der Waals surface area contributed by atoms with Crippen molar-refractivity contribution in [1.29, 1.82) is 0 Å². The first-order chi connectivity index (χ1) is 7.66. The van der Waals surface area contributed by atoms with Crippen molar-refractivity contribution < 1.29 is 9.90 Å². The molecule has 1 saturated carbocycles. The summed E-state index contributed by atoms with van der Waals surface area (Å²) in [6.07, 6.45) is 4.90. The van der Waals surface area contributed by atoms with Gasteiger partial charge in [-0.1, -0.05) is 0 Å². The van der Waals surface area contributed by atoms with E-state index in [-0.39, 0.29) is 18.1 Å². The third-order valence-corrected chi connectivity index (χ3v) is 3.80. The topological polar surface area (TPSA) is 52.6 Å². The first-order valence-electron chi connectivity index (χ1n) is 6.33. The largest absolute Gasteiger partial charge is 0.393 e. The number of likely N-dealkylation sites (N-methyl/N-ethyl adjacent to an activating group) is 1. The Bertz CT molecular complexity index is 251. The molecule has 1 atom stereocenters. The molecule has 1 heterocycles. The summed E-state index contributed by atoms with van der Waals surface area (Å²) in [5.41, 5.74) is 0. The lowest BCUT2D eigenvalue weighted by atomic mass is 9.82. The lowest BCUT2D eigenvalue weighted by molar-refractivity contribution is -0.126. The van der Waals surface area contributed by atoms with Crippen LogP contribution in [-0.4, -0.2) is 48.2 Å². The molecule has 1 aliphatic carbocycles. The Labute approximate surface area is 97.0 Å². The van der Waals surface area contributed by atoms with E-state index >= 15 is 0 Å². The van der Waals surface area contributed by atoms with Crippen molar-refractivity contribution >= 4 is 5.91 Å². The van der Waals surface area contributed by atoms with Crippen LogP contribution in [0.2, 0.25) is 0 Å². The molecule has 92 valence electrons.